The van der Waals surface area contributed by atoms with Gasteiger partial charge in [0, 0.05) is 17.7 Å². The molecule has 2 fully saturated rings. The quantitative estimate of drug-likeness (QED) is 0.133. The Morgan fingerprint density at radius 2 is 1.33 bits per heavy atom. The van der Waals surface area contributed by atoms with Crippen LogP contribution in [0.5, 0.6) is 23.0 Å². The molecule has 1 aromatic heterocycles. The predicted molar refractivity (Wildman–Crippen MR) is 140 cm³/mol. The summed E-state index contributed by atoms with van der Waals surface area (Å²) in [5.41, 5.74) is -0.916. The third kappa shape index (κ3) is 5.73. The summed E-state index contributed by atoms with van der Waals surface area (Å²) in [5, 5.41) is 102. The Hall–Kier alpha value is -3.55. The van der Waals surface area contributed by atoms with Gasteiger partial charge in [-0.05, 0) is 24.3 Å². The van der Waals surface area contributed by atoms with E-state index >= 15 is 0 Å². The van der Waals surface area contributed by atoms with E-state index in [9.17, 15) is 55.9 Å². The van der Waals surface area contributed by atoms with E-state index in [0.29, 0.717) is 5.56 Å². The van der Waals surface area contributed by atoms with Gasteiger partial charge in [0.05, 0.1) is 13.2 Å². The number of hydrogen-bond acceptors (Lipinski definition) is 16. The molecule has 0 spiro atoms. The summed E-state index contributed by atoms with van der Waals surface area (Å²) < 4.78 is 28.1. The van der Waals surface area contributed by atoms with Crippen molar-refractivity contribution >= 4 is 11.0 Å². The fourth-order valence-electron chi connectivity index (χ4n) is 4.91. The van der Waals surface area contributed by atoms with Gasteiger partial charge in [-0.3, -0.25) is 4.79 Å². The molecule has 16 heteroatoms. The van der Waals surface area contributed by atoms with E-state index in [0.717, 1.165) is 12.1 Å². The Kier molecular flexibility index (Phi) is 8.77. The van der Waals surface area contributed by atoms with E-state index in [2.05, 4.69) is 0 Å². The Morgan fingerprint density at radius 3 is 1.95 bits per heavy atom. The zero-order chi connectivity index (χ0) is 31.2. The Morgan fingerprint density at radius 1 is 0.721 bits per heavy atom. The average Bonchev–Trinajstić information content (AvgIpc) is 2.98. The van der Waals surface area contributed by atoms with Crippen LogP contribution >= 0.6 is 0 Å². The minimum absolute atomic E-state index is 0.0604. The van der Waals surface area contributed by atoms with E-state index in [1.807, 2.05) is 0 Å². The fraction of sp³-hybridized carbons (Fsp3) is 0.444. The van der Waals surface area contributed by atoms with Gasteiger partial charge in [-0.15, -0.1) is 0 Å². The third-order valence-corrected chi connectivity index (χ3v) is 7.27. The summed E-state index contributed by atoms with van der Waals surface area (Å²) in [4.78, 5) is 13.0. The molecule has 2 aliphatic heterocycles. The van der Waals surface area contributed by atoms with Crippen molar-refractivity contribution in [3.05, 3.63) is 46.6 Å². The fourth-order valence-corrected chi connectivity index (χ4v) is 4.91. The van der Waals surface area contributed by atoms with Crippen LogP contribution in [0.15, 0.2) is 45.6 Å². The lowest BCUT2D eigenvalue weighted by molar-refractivity contribution is -0.357. The molecule has 3 heterocycles. The highest BCUT2D eigenvalue weighted by Gasteiger charge is 2.51. The van der Waals surface area contributed by atoms with Gasteiger partial charge in [0.2, 0.25) is 12.0 Å². The number of phenols is 3. The molecule has 10 N–H and O–H groups in total. The first-order valence-electron chi connectivity index (χ1n) is 13.0. The summed E-state index contributed by atoms with van der Waals surface area (Å²) in [7, 11) is 0. The molecule has 16 nitrogen and oxygen atoms in total. The molecule has 3 aromatic rings. The van der Waals surface area contributed by atoms with E-state index in [1.54, 1.807) is 0 Å². The molecule has 0 amide bonds. The first kappa shape index (κ1) is 30.9. The molecule has 2 aliphatic rings. The molecule has 234 valence electrons. The lowest BCUT2D eigenvalue weighted by atomic mass is 9.97. The molecule has 10 atom stereocenters. The van der Waals surface area contributed by atoms with Crippen LogP contribution < -0.4 is 10.2 Å². The zero-order valence-electron chi connectivity index (χ0n) is 22.1. The average molecular weight is 611 g/mol. The van der Waals surface area contributed by atoms with Crippen LogP contribution in [0.25, 0.3) is 22.3 Å². The second-order valence-electron chi connectivity index (χ2n) is 10.1. The summed E-state index contributed by atoms with van der Waals surface area (Å²) in [5.74, 6) is -2.17. The van der Waals surface area contributed by atoms with Gasteiger partial charge in [0.15, 0.2) is 29.2 Å². The van der Waals surface area contributed by atoms with E-state index in [1.165, 1.54) is 24.3 Å². The molecule has 2 saturated heterocycles. The summed E-state index contributed by atoms with van der Waals surface area (Å²) >= 11 is 0. The van der Waals surface area contributed by atoms with Gasteiger partial charge >= 0.3 is 0 Å². The normalized spacial score (nSPS) is 33.0. The molecule has 0 saturated carbocycles. The van der Waals surface area contributed by atoms with Crippen molar-refractivity contribution in [3.63, 3.8) is 0 Å². The van der Waals surface area contributed by atoms with Gasteiger partial charge in [-0.2, -0.15) is 0 Å². The lowest BCUT2D eigenvalue weighted by Gasteiger charge is -2.45. The molecule has 0 bridgehead atoms. The largest absolute Gasteiger partial charge is 0.508 e. The van der Waals surface area contributed by atoms with Crippen molar-refractivity contribution in [1.82, 2.24) is 0 Å². The van der Waals surface area contributed by atoms with Gasteiger partial charge in [0.25, 0.3) is 0 Å². The highest BCUT2D eigenvalue weighted by molar-refractivity contribution is 5.91. The second kappa shape index (κ2) is 12.2. The van der Waals surface area contributed by atoms with E-state index < -0.39 is 108 Å². The van der Waals surface area contributed by atoms with Crippen molar-refractivity contribution in [2.24, 2.45) is 0 Å². The molecule has 0 aliphatic carbocycles. The Bertz CT molecular complexity index is 1490. The second-order valence-corrected chi connectivity index (χ2v) is 10.1. The minimum Gasteiger partial charge on any atom is -0.508 e. The first-order valence-corrected chi connectivity index (χ1v) is 13.0. The maximum Gasteiger partial charge on any atom is 0.230 e. The highest BCUT2D eigenvalue weighted by Crippen LogP contribution is 2.42. The number of aromatic hydroxyl groups is 3. The Labute approximate surface area is 241 Å². The van der Waals surface area contributed by atoms with Crippen molar-refractivity contribution in [2.75, 3.05) is 13.2 Å². The summed E-state index contributed by atoms with van der Waals surface area (Å²) in [6, 6.07) is 7.35. The number of fused-ring (bicyclic) bond motifs is 1. The topological polar surface area (TPSA) is 269 Å². The molecule has 2 aromatic carbocycles. The predicted octanol–water partition coefficient (Wildman–Crippen LogP) is -2.42. The van der Waals surface area contributed by atoms with Gasteiger partial charge in [-0.1, -0.05) is 0 Å². The van der Waals surface area contributed by atoms with Crippen molar-refractivity contribution in [3.8, 4) is 34.3 Å². The maximum absolute atomic E-state index is 13.0. The standard InChI is InChI=1S/C27H30O16/c28-7-15-18(34)20(36)22(38)26(40-15)43-25-21(37)19(35)16(8-29)41-27(25)42-23-13(33)5-11(31)17-12(32)6-14(39-24(17)23)9-1-3-10(30)4-2-9/h1-6,15-16,18-22,25-31,33-38H,7-8H2/t15-,16-,18-,19-,20+,21+,22-,25-,26+,27+/m1/s1. The first-order chi connectivity index (χ1) is 20.4. The van der Waals surface area contributed by atoms with E-state index in [4.69, 9.17) is 23.4 Å². The van der Waals surface area contributed by atoms with Crippen LogP contribution in [0.3, 0.4) is 0 Å². The summed E-state index contributed by atoms with van der Waals surface area (Å²) in [6.07, 6.45) is -17.6. The van der Waals surface area contributed by atoms with Gasteiger partial charge < -0.3 is 74.4 Å². The summed E-state index contributed by atoms with van der Waals surface area (Å²) in [6.45, 7) is -1.62. The monoisotopic (exact) mass is 610 g/mol. The van der Waals surface area contributed by atoms with Gasteiger partial charge in [-0.25, -0.2) is 0 Å². The number of hydrogen-bond donors (Lipinski definition) is 10. The van der Waals surface area contributed by atoms with Crippen LogP contribution in [0.4, 0.5) is 0 Å². The molecule has 5 rings (SSSR count). The van der Waals surface area contributed by atoms with E-state index in [-0.39, 0.29) is 11.5 Å². The molecule has 43 heavy (non-hydrogen) atoms. The number of aliphatic hydroxyl groups excluding tert-OH is 7. The number of ether oxygens (including phenoxy) is 4. The molecular weight excluding hydrogens is 580 g/mol. The van der Waals surface area contributed by atoms with Crippen LogP contribution in [-0.4, -0.2) is 126 Å². The van der Waals surface area contributed by atoms with Crippen LogP contribution in [0.1, 0.15) is 0 Å². The third-order valence-electron chi connectivity index (χ3n) is 7.27. The number of phenolic OH excluding ortho intramolecular Hbond substituents is 3. The number of rotatable bonds is 7. The lowest BCUT2D eigenvalue weighted by Crippen LogP contribution is -2.65. The van der Waals surface area contributed by atoms with Crippen LogP contribution in [-0.2, 0) is 14.2 Å². The molecule has 0 unspecified atom stereocenters. The van der Waals surface area contributed by atoms with Crippen molar-refractivity contribution in [1.29, 1.82) is 0 Å². The zero-order valence-corrected chi connectivity index (χ0v) is 22.1. The van der Waals surface area contributed by atoms with Gasteiger partial charge in [0.1, 0.15) is 65.4 Å². The van der Waals surface area contributed by atoms with Crippen molar-refractivity contribution < 1.29 is 74.4 Å². The minimum atomic E-state index is -1.92. The smallest absolute Gasteiger partial charge is 0.230 e. The number of aliphatic hydroxyl groups is 7. The van der Waals surface area contributed by atoms with Crippen LogP contribution in [0, 0.1) is 0 Å². The van der Waals surface area contributed by atoms with Crippen LogP contribution in [0.2, 0.25) is 0 Å². The Balaban J connectivity index is 1.56. The SMILES string of the molecule is O=c1cc(-c2ccc(O)cc2)oc2c(O[C@@H]3O[C@H](CO)[C@@H](O)[C@H](O)[C@H]3O[C@@H]3O[C@H](CO)[C@@H](O)[C@H](O)[C@H]3O)c(O)cc(O)c12. The molecule has 0 radical (unpaired) electrons. The van der Waals surface area contributed by atoms with Crippen molar-refractivity contribution in [2.45, 2.75) is 61.4 Å². The maximum atomic E-state index is 13.0. The molecular formula is C27H30O16. The number of benzene rings is 2. The highest BCUT2D eigenvalue weighted by atomic mass is 16.8.